The number of benzene rings is 3. The number of hydrogen-bond acceptors (Lipinski definition) is 3. The molecule has 0 spiro atoms. The van der Waals surface area contributed by atoms with Crippen LogP contribution in [0.15, 0.2) is 77.3 Å². The van der Waals surface area contributed by atoms with Crippen LogP contribution in [0.4, 0.5) is 5.69 Å². The largest absolute Gasteiger partial charge is 0.365 e. The molecule has 4 nitrogen and oxygen atoms in total. The first-order valence-corrected chi connectivity index (χ1v) is 13.7. The maximum Gasteiger partial charge on any atom is 0.254 e. The molecule has 1 atom stereocenters. The van der Waals surface area contributed by atoms with Crippen LogP contribution in [0.5, 0.6) is 0 Å². The zero-order valence-corrected chi connectivity index (χ0v) is 23.8. The van der Waals surface area contributed by atoms with Gasteiger partial charge in [0.25, 0.3) is 5.91 Å². The van der Waals surface area contributed by atoms with Gasteiger partial charge in [-0.05, 0) is 61.2 Å². The number of amides is 1. The third-order valence-electron chi connectivity index (χ3n) is 7.33. The van der Waals surface area contributed by atoms with E-state index in [-0.39, 0.29) is 17.4 Å². The summed E-state index contributed by atoms with van der Waals surface area (Å²) in [5.41, 5.74) is 7.20. The quantitative estimate of drug-likeness (QED) is 0.261. The molecule has 1 saturated heterocycles. The van der Waals surface area contributed by atoms with Gasteiger partial charge in [0.05, 0.1) is 16.8 Å². The number of hydrogen-bond donors (Lipinski definition) is 0. The fourth-order valence-corrected chi connectivity index (χ4v) is 5.46. The Morgan fingerprint density at radius 3 is 2.30 bits per heavy atom. The highest BCUT2D eigenvalue weighted by Gasteiger charge is 2.29. The highest BCUT2D eigenvalue weighted by atomic mass is 79.9. The molecule has 1 aromatic heterocycles. The summed E-state index contributed by atoms with van der Waals surface area (Å²) in [6.45, 7) is 13.1. The Hall–Kier alpha value is -3.18. The lowest BCUT2D eigenvalue weighted by Gasteiger charge is -2.41. The molecule has 1 fully saturated rings. The van der Waals surface area contributed by atoms with Gasteiger partial charge in [-0.3, -0.25) is 4.79 Å². The van der Waals surface area contributed by atoms with Crippen molar-refractivity contribution in [3.8, 4) is 11.3 Å². The van der Waals surface area contributed by atoms with Gasteiger partial charge in [0.1, 0.15) is 0 Å². The number of aromatic nitrogens is 1. The summed E-state index contributed by atoms with van der Waals surface area (Å²) in [5, 5.41) is 0.878. The van der Waals surface area contributed by atoms with E-state index in [1.54, 1.807) is 0 Å². The Morgan fingerprint density at radius 1 is 0.946 bits per heavy atom. The van der Waals surface area contributed by atoms with Gasteiger partial charge in [-0.25, -0.2) is 4.98 Å². The number of carbonyl (C=O) groups is 1. The van der Waals surface area contributed by atoms with Crippen molar-refractivity contribution in [1.29, 1.82) is 0 Å². The van der Waals surface area contributed by atoms with Crippen LogP contribution in [0.1, 0.15) is 49.2 Å². The molecule has 0 bridgehead atoms. The van der Waals surface area contributed by atoms with E-state index in [4.69, 9.17) is 4.98 Å². The first-order valence-electron chi connectivity index (χ1n) is 12.9. The summed E-state index contributed by atoms with van der Waals surface area (Å²) < 4.78 is 0.940. The lowest BCUT2D eigenvalue weighted by molar-refractivity contribution is 0.0728. The SMILES string of the molecule is Cc1ccc(N2CCN(C(=O)c3cc(-c4ccc(C(C)(C)C)cc4)nc4ccc(Br)cc34)C[C@H]2C)cc1. The highest BCUT2D eigenvalue weighted by Crippen LogP contribution is 2.31. The highest BCUT2D eigenvalue weighted by molar-refractivity contribution is 9.10. The smallest absolute Gasteiger partial charge is 0.254 e. The van der Waals surface area contributed by atoms with Crippen molar-refractivity contribution in [2.45, 2.75) is 46.1 Å². The van der Waals surface area contributed by atoms with Crippen LogP contribution in [0.3, 0.4) is 0 Å². The predicted octanol–water partition coefficient (Wildman–Crippen LogP) is 7.62. The Balaban J connectivity index is 1.47. The first-order chi connectivity index (χ1) is 17.6. The molecule has 0 unspecified atom stereocenters. The van der Waals surface area contributed by atoms with E-state index in [0.717, 1.165) is 33.2 Å². The van der Waals surface area contributed by atoms with E-state index in [2.05, 4.69) is 104 Å². The monoisotopic (exact) mass is 555 g/mol. The van der Waals surface area contributed by atoms with Crippen molar-refractivity contribution in [2.75, 3.05) is 24.5 Å². The zero-order valence-electron chi connectivity index (χ0n) is 22.3. The minimum Gasteiger partial charge on any atom is -0.365 e. The van der Waals surface area contributed by atoms with Gasteiger partial charge in [0.15, 0.2) is 0 Å². The standard InChI is InChI=1S/C32H34BrN3O/c1-21-6-13-26(14-7-21)36-17-16-35(20-22(36)2)31(37)28-19-30(34-29-15-12-25(33)18-27(28)29)23-8-10-24(11-9-23)32(3,4)5/h6-15,18-19,22H,16-17,20H2,1-5H3/t22-/m1/s1. The third kappa shape index (κ3) is 5.28. The number of aryl methyl sites for hydroxylation is 1. The predicted molar refractivity (Wildman–Crippen MR) is 157 cm³/mol. The van der Waals surface area contributed by atoms with Gasteiger partial charge in [0.2, 0.25) is 0 Å². The van der Waals surface area contributed by atoms with Crippen LogP contribution in [0.25, 0.3) is 22.2 Å². The van der Waals surface area contributed by atoms with Gasteiger partial charge in [-0.15, -0.1) is 0 Å². The number of pyridine rings is 1. The first kappa shape index (κ1) is 25.5. The normalized spacial score (nSPS) is 16.3. The number of nitrogens with zero attached hydrogens (tertiary/aromatic N) is 3. The average molecular weight is 557 g/mol. The summed E-state index contributed by atoms with van der Waals surface area (Å²) in [7, 11) is 0. The van der Waals surface area contributed by atoms with Crippen LogP contribution in [-0.2, 0) is 5.41 Å². The lowest BCUT2D eigenvalue weighted by atomic mass is 9.86. The number of carbonyl (C=O) groups excluding carboxylic acids is 1. The van der Waals surface area contributed by atoms with Crippen LogP contribution >= 0.6 is 15.9 Å². The van der Waals surface area contributed by atoms with E-state index >= 15 is 0 Å². The minimum atomic E-state index is 0.0634. The molecule has 37 heavy (non-hydrogen) atoms. The van der Waals surface area contributed by atoms with Crippen molar-refractivity contribution in [1.82, 2.24) is 9.88 Å². The number of anilines is 1. The molecule has 2 heterocycles. The Morgan fingerprint density at radius 2 is 1.65 bits per heavy atom. The minimum absolute atomic E-state index is 0.0634. The molecule has 190 valence electrons. The maximum atomic E-state index is 14.0. The second-order valence-corrected chi connectivity index (χ2v) is 12.1. The van der Waals surface area contributed by atoms with Gasteiger partial charge in [0, 0.05) is 46.8 Å². The van der Waals surface area contributed by atoms with Gasteiger partial charge < -0.3 is 9.80 Å². The van der Waals surface area contributed by atoms with Crippen molar-refractivity contribution >= 4 is 38.4 Å². The Labute approximate surface area is 228 Å². The molecule has 5 heteroatoms. The van der Waals surface area contributed by atoms with Gasteiger partial charge in [-0.2, -0.15) is 0 Å². The van der Waals surface area contributed by atoms with Crippen LogP contribution < -0.4 is 4.90 Å². The van der Waals surface area contributed by atoms with Crippen molar-refractivity contribution in [3.63, 3.8) is 0 Å². The summed E-state index contributed by atoms with van der Waals surface area (Å²) in [6, 6.07) is 25.4. The van der Waals surface area contributed by atoms with Crippen LogP contribution in [-0.4, -0.2) is 41.5 Å². The van der Waals surface area contributed by atoms with E-state index < -0.39 is 0 Å². The summed E-state index contributed by atoms with van der Waals surface area (Å²) in [5.74, 6) is 0.0634. The van der Waals surface area contributed by atoms with E-state index in [1.807, 2.05) is 29.2 Å². The third-order valence-corrected chi connectivity index (χ3v) is 7.82. The van der Waals surface area contributed by atoms with Crippen LogP contribution in [0, 0.1) is 6.92 Å². The molecule has 0 saturated carbocycles. The molecular weight excluding hydrogens is 522 g/mol. The maximum absolute atomic E-state index is 14.0. The molecule has 3 aromatic carbocycles. The lowest BCUT2D eigenvalue weighted by Crippen LogP contribution is -2.53. The zero-order chi connectivity index (χ0) is 26.3. The molecule has 0 radical (unpaired) electrons. The summed E-state index contributed by atoms with van der Waals surface area (Å²) >= 11 is 3.59. The fourth-order valence-electron chi connectivity index (χ4n) is 5.10. The molecule has 1 amide bonds. The number of piperazine rings is 1. The van der Waals surface area contributed by atoms with E-state index in [9.17, 15) is 4.79 Å². The number of halogens is 1. The average Bonchev–Trinajstić information content (AvgIpc) is 2.88. The topological polar surface area (TPSA) is 36.4 Å². The van der Waals surface area contributed by atoms with E-state index in [0.29, 0.717) is 18.7 Å². The summed E-state index contributed by atoms with van der Waals surface area (Å²) in [4.78, 5) is 23.3. The molecule has 0 aliphatic carbocycles. The molecule has 1 aliphatic rings. The van der Waals surface area contributed by atoms with Crippen molar-refractivity contribution in [2.24, 2.45) is 0 Å². The molecule has 4 aromatic rings. The Kier molecular flexibility index (Phi) is 6.84. The molecule has 5 rings (SSSR count). The van der Waals surface area contributed by atoms with Crippen molar-refractivity contribution in [3.05, 3.63) is 94.0 Å². The molecule has 1 aliphatic heterocycles. The van der Waals surface area contributed by atoms with Crippen LogP contribution in [0.2, 0.25) is 0 Å². The van der Waals surface area contributed by atoms with E-state index in [1.165, 1.54) is 16.8 Å². The molecule has 0 N–H and O–H groups in total. The van der Waals surface area contributed by atoms with Gasteiger partial charge >= 0.3 is 0 Å². The Bertz CT molecular complexity index is 1440. The van der Waals surface area contributed by atoms with Crippen molar-refractivity contribution < 1.29 is 4.79 Å². The summed E-state index contributed by atoms with van der Waals surface area (Å²) in [6.07, 6.45) is 0. The van der Waals surface area contributed by atoms with Gasteiger partial charge in [-0.1, -0.05) is 78.7 Å². The molecular formula is C32H34BrN3O. The number of rotatable bonds is 3. The second-order valence-electron chi connectivity index (χ2n) is 11.2. The second kappa shape index (κ2) is 9.94. The number of fused-ring (bicyclic) bond motifs is 1. The fraction of sp³-hybridized carbons (Fsp3) is 0.312.